The highest BCUT2D eigenvalue weighted by Gasteiger charge is 2.41. The number of hydrogen-bond acceptors (Lipinski definition) is 5. The molecular formula is C16H29IN4O3S. The van der Waals surface area contributed by atoms with E-state index in [0.29, 0.717) is 19.6 Å². The van der Waals surface area contributed by atoms with E-state index in [1.54, 1.807) is 27.2 Å². The molecule has 0 bridgehead atoms. The van der Waals surface area contributed by atoms with Crippen LogP contribution in [0.1, 0.15) is 25.6 Å². The number of hydrogen-bond donors (Lipinski definition) is 1. The molecule has 1 saturated heterocycles. The fourth-order valence-electron chi connectivity index (χ4n) is 2.86. The van der Waals surface area contributed by atoms with E-state index in [9.17, 15) is 8.42 Å². The van der Waals surface area contributed by atoms with Gasteiger partial charge in [-0.25, -0.2) is 8.42 Å². The van der Waals surface area contributed by atoms with E-state index in [0.717, 1.165) is 11.7 Å². The lowest BCUT2D eigenvalue weighted by Gasteiger charge is -2.39. The van der Waals surface area contributed by atoms with Gasteiger partial charge in [0.15, 0.2) is 15.8 Å². The molecule has 1 aromatic rings. The minimum absolute atomic E-state index is 0. The van der Waals surface area contributed by atoms with Crippen molar-refractivity contribution in [3.8, 4) is 0 Å². The molecule has 1 unspecified atom stereocenters. The van der Waals surface area contributed by atoms with Gasteiger partial charge in [0, 0.05) is 26.7 Å². The number of aliphatic imine (C=N–C) groups is 1. The number of nitrogens with one attached hydrogen (secondary N) is 1. The highest BCUT2D eigenvalue weighted by Crippen LogP contribution is 2.24. The summed E-state index contributed by atoms with van der Waals surface area (Å²) in [5.74, 6) is 1.75. The SMILES string of the molecule is CN=C(NCC(c1ccco1)N(C)C)N1CCS(=O)(=O)C(C)(C)C1.I. The molecule has 1 aliphatic heterocycles. The maximum absolute atomic E-state index is 12.2. The first-order chi connectivity index (χ1) is 11.2. The highest BCUT2D eigenvalue weighted by molar-refractivity contribution is 14.0. The Morgan fingerprint density at radius 1 is 1.48 bits per heavy atom. The molecule has 2 rings (SSSR count). The van der Waals surface area contributed by atoms with Gasteiger partial charge in [-0.2, -0.15) is 0 Å². The molecule has 0 saturated carbocycles. The third-order valence-corrected chi connectivity index (χ3v) is 7.04. The molecule has 1 aliphatic rings. The molecule has 7 nitrogen and oxygen atoms in total. The summed E-state index contributed by atoms with van der Waals surface area (Å²) in [4.78, 5) is 8.41. The Morgan fingerprint density at radius 3 is 2.64 bits per heavy atom. The predicted octanol–water partition coefficient (Wildman–Crippen LogP) is 1.58. The zero-order chi connectivity index (χ0) is 18.0. The van der Waals surface area contributed by atoms with Gasteiger partial charge in [-0.05, 0) is 40.1 Å². The van der Waals surface area contributed by atoms with Gasteiger partial charge in [0.2, 0.25) is 0 Å². The molecule has 9 heteroatoms. The third-order valence-electron chi connectivity index (χ3n) is 4.50. The fourth-order valence-corrected chi connectivity index (χ4v) is 4.23. The van der Waals surface area contributed by atoms with Crippen molar-refractivity contribution >= 4 is 39.8 Å². The standard InChI is InChI=1S/C16H28N4O3S.HI/c1-16(2)12-20(8-10-24(16,21)22)15(17-3)18-11-13(19(4)5)14-7-6-9-23-14;/h6-7,9,13H,8,10-12H2,1-5H3,(H,17,18);1H. The summed E-state index contributed by atoms with van der Waals surface area (Å²) >= 11 is 0. The molecule has 1 aromatic heterocycles. The molecule has 25 heavy (non-hydrogen) atoms. The molecule has 2 heterocycles. The van der Waals surface area contributed by atoms with E-state index in [1.165, 1.54) is 0 Å². The zero-order valence-corrected chi connectivity index (χ0v) is 18.7. The van der Waals surface area contributed by atoms with Crippen LogP contribution >= 0.6 is 24.0 Å². The maximum atomic E-state index is 12.2. The smallest absolute Gasteiger partial charge is 0.193 e. The quantitative estimate of drug-likeness (QED) is 0.398. The van der Waals surface area contributed by atoms with Gasteiger partial charge in [-0.1, -0.05) is 0 Å². The molecule has 0 aliphatic carbocycles. The number of likely N-dealkylation sites (N-methyl/N-ethyl adjacent to an activating group) is 1. The molecule has 0 aromatic carbocycles. The van der Waals surface area contributed by atoms with Crippen molar-refractivity contribution in [2.75, 3.05) is 46.5 Å². The lowest BCUT2D eigenvalue weighted by Crippen LogP contribution is -2.57. The lowest BCUT2D eigenvalue weighted by atomic mass is 10.2. The van der Waals surface area contributed by atoms with Crippen LogP contribution in [0.2, 0.25) is 0 Å². The van der Waals surface area contributed by atoms with Gasteiger partial charge in [0.05, 0.1) is 22.8 Å². The topological polar surface area (TPSA) is 78.2 Å². The number of guanidine groups is 1. The summed E-state index contributed by atoms with van der Waals surface area (Å²) in [6, 6.07) is 3.89. The molecular weight excluding hydrogens is 455 g/mol. The summed E-state index contributed by atoms with van der Waals surface area (Å²) in [5.41, 5.74) is 0. The predicted molar refractivity (Wildman–Crippen MR) is 111 cm³/mol. The molecule has 0 amide bonds. The van der Waals surface area contributed by atoms with E-state index >= 15 is 0 Å². The molecule has 0 spiro atoms. The van der Waals surface area contributed by atoms with Crippen LogP contribution in [0.3, 0.4) is 0 Å². The monoisotopic (exact) mass is 484 g/mol. The average molecular weight is 484 g/mol. The first kappa shape index (κ1) is 22.2. The summed E-state index contributed by atoms with van der Waals surface area (Å²) in [6.45, 7) is 5.05. The molecule has 1 atom stereocenters. The van der Waals surface area contributed by atoms with Gasteiger partial charge in [0.1, 0.15) is 5.76 Å². The van der Waals surface area contributed by atoms with Crippen LogP contribution in [0.15, 0.2) is 27.8 Å². The van der Waals surface area contributed by atoms with Crippen molar-refractivity contribution in [3.05, 3.63) is 24.2 Å². The van der Waals surface area contributed by atoms with Crippen LogP contribution < -0.4 is 5.32 Å². The lowest BCUT2D eigenvalue weighted by molar-refractivity contribution is 0.254. The number of furan rings is 1. The van der Waals surface area contributed by atoms with Crippen molar-refractivity contribution in [2.45, 2.75) is 24.6 Å². The second kappa shape index (κ2) is 8.72. The number of sulfone groups is 1. The van der Waals surface area contributed by atoms with E-state index in [1.807, 2.05) is 31.1 Å². The first-order valence-electron chi connectivity index (χ1n) is 8.05. The van der Waals surface area contributed by atoms with Gasteiger partial charge >= 0.3 is 0 Å². The van der Waals surface area contributed by atoms with Gasteiger partial charge in [0.25, 0.3) is 0 Å². The maximum Gasteiger partial charge on any atom is 0.193 e. The van der Waals surface area contributed by atoms with Crippen LogP contribution in [0.5, 0.6) is 0 Å². The second-order valence-electron chi connectivity index (χ2n) is 6.92. The van der Waals surface area contributed by atoms with Crippen molar-refractivity contribution in [2.24, 2.45) is 4.99 Å². The Bertz CT molecular complexity index is 672. The molecule has 1 fully saturated rings. The number of rotatable bonds is 4. The normalized spacial score (nSPS) is 20.9. The fraction of sp³-hybridized carbons (Fsp3) is 0.688. The molecule has 144 valence electrons. The van der Waals surface area contributed by atoms with E-state index in [2.05, 4.69) is 15.2 Å². The largest absolute Gasteiger partial charge is 0.468 e. The Morgan fingerprint density at radius 2 is 2.16 bits per heavy atom. The van der Waals surface area contributed by atoms with Crippen molar-refractivity contribution in [3.63, 3.8) is 0 Å². The molecule has 1 N–H and O–H groups in total. The summed E-state index contributed by atoms with van der Waals surface area (Å²) in [7, 11) is 2.64. The molecule has 0 radical (unpaired) electrons. The first-order valence-corrected chi connectivity index (χ1v) is 9.71. The van der Waals surface area contributed by atoms with Gasteiger partial charge in [-0.15, -0.1) is 24.0 Å². The van der Waals surface area contributed by atoms with Gasteiger partial charge in [-0.3, -0.25) is 9.89 Å². The Labute approximate surface area is 167 Å². The van der Waals surface area contributed by atoms with Crippen molar-refractivity contribution in [1.82, 2.24) is 15.1 Å². The minimum Gasteiger partial charge on any atom is -0.468 e. The van der Waals surface area contributed by atoms with Crippen LogP contribution in [-0.2, 0) is 9.84 Å². The van der Waals surface area contributed by atoms with Gasteiger partial charge < -0.3 is 14.6 Å². The highest BCUT2D eigenvalue weighted by atomic mass is 127. The average Bonchev–Trinajstić information content (AvgIpc) is 3.00. The summed E-state index contributed by atoms with van der Waals surface area (Å²) < 4.78 is 29.1. The zero-order valence-electron chi connectivity index (χ0n) is 15.5. The number of nitrogens with zero attached hydrogens (tertiary/aromatic N) is 3. The Kier molecular flexibility index (Phi) is 7.75. The van der Waals surface area contributed by atoms with E-state index < -0.39 is 14.6 Å². The second-order valence-corrected chi connectivity index (χ2v) is 9.67. The summed E-state index contributed by atoms with van der Waals surface area (Å²) in [5, 5.41) is 3.35. The summed E-state index contributed by atoms with van der Waals surface area (Å²) in [6.07, 6.45) is 1.67. The van der Waals surface area contributed by atoms with E-state index in [-0.39, 0.29) is 35.8 Å². The minimum atomic E-state index is -3.06. The third kappa shape index (κ3) is 5.10. The van der Waals surface area contributed by atoms with Crippen LogP contribution in [0.4, 0.5) is 0 Å². The van der Waals surface area contributed by atoms with Crippen molar-refractivity contribution in [1.29, 1.82) is 0 Å². The van der Waals surface area contributed by atoms with Crippen LogP contribution in [0, 0.1) is 0 Å². The van der Waals surface area contributed by atoms with Crippen molar-refractivity contribution < 1.29 is 12.8 Å². The van der Waals surface area contributed by atoms with Crippen LogP contribution in [0.25, 0.3) is 0 Å². The Hall–Kier alpha value is -0.810. The number of halogens is 1. The van der Waals surface area contributed by atoms with Crippen LogP contribution in [-0.4, -0.2) is 75.5 Å². The van der Waals surface area contributed by atoms with E-state index in [4.69, 9.17) is 4.42 Å². The Balaban J connectivity index is 0.00000312.